The Kier molecular flexibility index (Phi) is 2.23. The maximum atomic E-state index is 12.3. The summed E-state index contributed by atoms with van der Waals surface area (Å²) in [5, 5.41) is 7.88. The molecule has 66 valence electrons. The van der Waals surface area contributed by atoms with Crippen molar-refractivity contribution in [1.82, 2.24) is 0 Å². The van der Waals surface area contributed by atoms with Crippen molar-refractivity contribution in [2.45, 2.75) is 6.29 Å². The van der Waals surface area contributed by atoms with Crippen LogP contribution in [-0.2, 0) is 0 Å². The Bertz CT molecular complexity index is 270. The summed E-state index contributed by atoms with van der Waals surface area (Å²) in [5.74, 6) is -1.14. The molecule has 1 aromatic rings. The zero-order valence-electron chi connectivity index (χ0n) is 5.80. The van der Waals surface area contributed by atoms with Crippen LogP contribution in [0.15, 0.2) is 24.3 Å². The first-order valence-corrected chi connectivity index (χ1v) is 3.02. The number of benzene rings is 1. The van der Waals surface area contributed by atoms with E-state index in [2.05, 4.69) is 4.74 Å². The maximum absolute atomic E-state index is 12.3. The molecule has 0 saturated heterocycles. The van der Waals surface area contributed by atoms with Crippen LogP contribution >= 0.6 is 0 Å². The van der Waals surface area contributed by atoms with Gasteiger partial charge in [0.05, 0.1) is 0 Å². The third-order valence-electron chi connectivity index (χ3n) is 1.04. The van der Waals surface area contributed by atoms with E-state index in [9.17, 15) is 13.2 Å². The van der Waals surface area contributed by atoms with E-state index in [-0.39, 0.29) is 0 Å². The van der Waals surface area contributed by atoms with E-state index in [4.69, 9.17) is 5.11 Å². The van der Waals surface area contributed by atoms with Gasteiger partial charge in [0.1, 0.15) is 11.6 Å². The summed E-state index contributed by atoms with van der Waals surface area (Å²) in [6, 6.07) is 4.11. The van der Waals surface area contributed by atoms with Crippen molar-refractivity contribution in [3.63, 3.8) is 0 Å². The topological polar surface area (TPSA) is 29.5 Å². The molecule has 1 aromatic carbocycles. The molecule has 0 bridgehead atoms. The van der Waals surface area contributed by atoms with Crippen LogP contribution in [0.25, 0.3) is 0 Å². The Morgan fingerprint density at radius 1 is 1.33 bits per heavy atom. The van der Waals surface area contributed by atoms with E-state index in [1.165, 1.54) is 6.07 Å². The van der Waals surface area contributed by atoms with E-state index < -0.39 is 17.9 Å². The van der Waals surface area contributed by atoms with Crippen molar-refractivity contribution in [1.29, 1.82) is 0 Å². The molecule has 0 atom stereocenters. The van der Waals surface area contributed by atoms with Crippen LogP contribution < -0.4 is 4.74 Å². The summed E-state index contributed by atoms with van der Waals surface area (Å²) in [5.41, 5.74) is 0. The molecule has 0 fully saturated rings. The Labute approximate surface area is 66.2 Å². The smallest absolute Gasteiger partial charge is 0.409 e. The first-order valence-electron chi connectivity index (χ1n) is 3.02. The highest BCUT2D eigenvalue weighted by Crippen LogP contribution is 2.19. The third-order valence-corrected chi connectivity index (χ3v) is 1.04. The van der Waals surface area contributed by atoms with Gasteiger partial charge in [-0.2, -0.15) is 0 Å². The Morgan fingerprint density at radius 2 is 2.00 bits per heavy atom. The summed E-state index contributed by atoms with van der Waals surface area (Å²) in [7, 11) is 0. The number of hydrogen-bond donors (Lipinski definition) is 1. The predicted molar refractivity (Wildman–Crippen MR) is 34.2 cm³/mol. The zero-order chi connectivity index (χ0) is 9.19. The Balaban J connectivity index is 2.77. The summed E-state index contributed by atoms with van der Waals surface area (Å²) in [4.78, 5) is 0. The fraction of sp³-hybridized carbons (Fsp3) is 0.143. The molecular weight excluding hydrogens is 173 g/mol. The zero-order valence-corrected chi connectivity index (χ0v) is 5.80. The number of ether oxygens (including phenoxy) is 1. The van der Waals surface area contributed by atoms with Gasteiger partial charge in [0.25, 0.3) is 0 Å². The summed E-state index contributed by atoms with van der Waals surface area (Å²) < 4.78 is 39.5. The molecule has 0 spiro atoms. The van der Waals surface area contributed by atoms with Gasteiger partial charge in [0.2, 0.25) is 0 Å². The molecule has 2 nitrogen and oxygen atoms in total. The van der Waals surface area contributed by atoms with Crippen LogP contribution in [0.1, 0.15) is 0 Å². The maximum Gasteiger partial charge on any atom is 0.532 e. The van der Waals surface area contributed by atoms with Crippen LogP contribution in [0, 0.1) is 5.82 Å². The molecule has 0 aliphatic heterocycles. The number of aliphatic hydroxyl groups is 1. The van der Waals surface area contributed by atoms with E-state index in [1.807, 2.05) is 0 Å². The fourth-order valence-electron chi connectivity index (χ4n) is 0.672. The molecule has 5 heteroatoms. The van der Waals surface area contributed by atoms with Crippen molar-refractivity contribution in [2.24, 2.45) is 0 Å². The van der Waals surface area contributed by atoms with Crippen LogP contribution in [-0.4, -0.2) is 11.4 Å². The SMILES string of the molecule is OC(F)(F)Oc1cccc(F)c1. The highest BCUT2D eigenvalue weighted by molar-refractivity contribution is 5.22. The van der Waals surface area contributed by atoms with Crippen molar-refractivity contribution < 1.29 is 23.0 Å². The average Bonchev–Trinajstić information content (AvgIpc) is 1.82. The molecule has 0 aliphatic carbocycles. The molecule has 0 unspecified atom stereocenters. The fourth-order valence-corrected chi connectivity index (χ4v) is 0.672. The normalized spacial score (nSPS) is 11.3. The second-order valence-electron chi connectivity index (χ2n) is 2.05. The average molecular weight is 178 g/mol. The lowest BCUT2D eigenvalue weighted by Gasteiger charge is -2.09. The minimum Gasteiger partial charge on any atom is -0.409 e. The van der Waals surface area contributed by atoms with Crippen molar-refractivity contribution in [3.05, 3.63) is 30.1 Å². The number of halogens is 3. The lowest BCUT2D eigenvalue weighted by Crippen LogP contribution is -2.23. The van der Waals surface area contributed by atoms with Crippen molar-refractivity contribution in [3.8, 4) is 5.75 Å². The van der Waals surface area contributed by atoms with Gasteiger partial charge in [-0.1, -0.05) is 6.07 Å². The molecule has 1 N–H and O–H groups in total. The van der Waals surface area contributed by atoms with Gasteiger partial charge >= 0.3 is 6.29 Å². The Morgan fingerprint density at radius 3 is 2.50 bits per heavy atom. The van der Waals surface area contributed by atoms with Gasteiger partial charge in [-0.25, -0.2) is 4.39 Å². The van der Waals surface area contributed by atoms with Gasteiger partial charge < -0.3 is 9.84 Å². The molecule has 1 rings (SSSR count). The first-order chi connectivity index (χ1) is 5.47. The second-order valence-corrected chi connectivity index (χ2v) is 2.05. The van der Waals surface area contributed by atoms with E-state index in [1.54, 1.807) is 0 Å². The molecule has 12 heavy (non-hydrogen) atoms. The summed E-state index contributed by atoms with van der Waals surface area (Å²) in [6.07, 6.45) is -4.27. The van der Waals surface area contributed by atoms with Crippen LogP contribution in [0.5, 0.6) is 5.75 Å². The second kappa shape index (κ2) is 3.02. The van der Waals surface area contributed by atoms with Crippen LogP contribution in [0.2, 0.25) is 0 Å². The van der Waals surface area contributed by atoms with E-state index in [0.29, 0.717) is 0 Å². The predicted octanol–water partition coefficient (Wildman–Crippen LogP) is 1.75. The first kappa shape index (κ1) is 8.86. The van der Waals surface area contributed by atoms with Crippen molar-refractivity contribution >= 4 is 0 Å². The summed E-state index contributed by atoms with van der Waals surface area (Å²) >= 11 is 0. The van der Waals surface area contributed by atoms with E-state index in [0.717, 1.165) is 18.2 Å². The molecule has 0 saturated carbocycles. The van der Waals surface area contributed by atoms with E-state index >= 15 is 0 Å². The standard InChI is InChI=1S/C7H5F3O2/c8-5-2-1-3-6(4-5)12-7(9,10)11/h1-4,11H. The van der Waals surface area contributed by atoms with Crippen molar-refractivity contribution in [2.75, 3.05) is 0 Å². The molecule has 0 aromatic heterocycles. The number of rotatable bonds is 2. The monoisotopic (exact) mass is 178 g/mol. The third kappa shape index (κ3) is 2.79. The van der Waals surface area contributed by atoms with Crippen LogP contribution in [0.3, 0.4) is 0 Å². The van der Waals surface area contributed by atoms with Gasteiger partial charge in [0.15, 0.2) is 0 Å². The van der Waals surface area contributed by atoms with Gasteiger partial charge in [-0.05, 0) is 12.1 Å². The molecule has 0 heterocycles. The van der Waals surface area contributed by atoms with Gasteiger partial charge in [0, 0.05) is 6.07 Å². The lowest BCUT2D eigenvalue weighted by molar-refractivity contribution is -0.327. The molecular formula is C7H5F3O2. The van der Waals surface area contributed by atoms with Gasteiger partial charge in [-0.15, -0.1) is 8.78 Å². The molecule has 0 radical (unpaired) electrons. The van der Waals surface area contributed by atoms with Gasteiger partial charge in [-0.3, -0.25) is 0 Å². The largest absolute Gasteiger partial charge is 0.532 e. The number of hydrogen-bond acceptors (Lipinski definition) is 2. The lowest BCUT2D eigenvalue weighted by atomic mass is 10.3. The highest BCUT2D eigenvalue weighted by Gasteiger charge is 2.27. The Hall–Kier alpha value is -1.23. The number of alkyl halides is 2. The quantitative estimate of drug-likeness (QED) is 0.699. The molecule has 0 aliphatic rings. The molecule has 0 amide bonds. The minimum atomic E-state index is -4.27. The van der Waals surface area contributed by atoms with Crippen LogP contribution in [0.4, 0.5) is 13.2 Å². The highest BCUT2D eigenvalue weighted by atomic mass is 19.3. The summed E-state index contributed by atoms with van der Waals surface area (Å²) in [6.45, 7) is 0. The minimum absolute atomic E-state index is 0.428.